The number of aromatic nitrogens is 2. The molecule has 6 nitrogen and oxygen atoms in total. The van der Waals surface area contributed by atoms with E-state index in [1.165, 1.54) is 5.52 Å². The molecule has 0 spiro atoms. The van der Waals surface area contributed by atoms with Crippen LogP contribution in [0.5, 0.6) is 0 Å². The van der Waals surface area contributed by atoms with Crippen LogP contribution < -0.4 is 10.6 Å². The van der Waals surface area contributed by atoms with E-state index in [4.69, 9.17) is 5.26 Å². The number of nitrogens with one attached hydrogen (secondary N) is 2. The van der Waals surface area contributed by atoms with E-state index in [9.17, 15) is 0 Å². The molecule has 0 bridgehead atoms. The van der Waals surface area contributed by atoms with E-state index < -0.39 is 0 Å². The van der Waals surface area contributed by atoms with E-state index in [0.717, 1.165) is 48.9 Å². The maximum absolute atomic E-state index is 8.88. The molecule has 6 heteroatoms. The minimum atomic E-state index is 0.576. The van der Waals surface area contributed by atoms with Crippen molar-refractivity contribution in [2.45, 2.75) is 33.4 Å². The molecule has 0 saturated heterocycles. The number of hydrogen-bond acceptors (Lipinski definition) is 3. The Kier molecular flexibility index (Phi) is 6.64. The number of benzene rings is 2. The molecule has 1 heterocycles. The Hall–Kier alpha value is -3.33. The largest absolute Gasteiger partial charge is 0.357 e. The molecular weight excluding hydrogens is 348 g/mol. The minimum Gasteiger partial charge on any atom is -0.357 e. The van der Waals surface area contributed by atoms with E-state index in [0.29, 0.717) is 12.1 Å². The smallest absolute Gasteiger partial charge is 0.191 e. The van der Waals surface area contributed by atoms with Gasteiger partial charge in [0.25, 0.3) is 0 Å². The van der Waals surface area contributed by atoms with E-state index in [1.807, 2.05) is 30.3 Å². The van der Waals surface area contributed by atoms with E-state index >= 15 is 0 Å². The fraction of sp³-hybridized carbons (Fsp3) is 0.318. The summed E-state index contributed by atoms with van der Waals surface area (Å²) in [7, 11) is 0. The van der Waals surface area contributed by atoms with Gasteiger partial charge in [-0.3, -0.25) is 0 Å². The van der Waals surface area contributed by atoms with Crippen LogP contribution in [0.25, 0.3) is 11.0 Å². The second kappa shape index (κ2) is 9.56. The molecule has 2 N–H and O–H groups in total. The first kappa shape index (κ1) is 19.4. The number of rotatable bonds is 7. The zero-order valence-electron chi connectivity index (χ0n) is 16.4. The molecule has 28 heavy (non-hydrogen) atoms. The van der Waals surface area contributed by atoms with Crippen molar-refractivity contribution in [2.24, 2.45) is 4.99 Å². The fourth-order valence-corrected chi connectivity index (χ4v) is 3.12. The SMILES string of the molecule is CCNC(=NCc1ccc(C#N)cc1)NCCCn1c(C)nc2ccccc21. The van der Waals surface area contributed by atoms with Crippen molar-refractivity contribution in [3.05, 3.63) is 65.5 Å². The zero-order valence-corrected chi connectivity index (χ0v) is 16.4. The van der Waals surface area contributed by atoms with Crippen molar-refractivity contribution < 1.29 is 0 Å². The number of aryl methyl sites for hydroxylation is 2. The van der Waals surface area contributed by atoms with Gasteiger partial charge in [-0.25, -0.2) is 9.98 Å². The normalized spacial score (nSPS) is 11.4. The topological polar surface area (TPSA) is 78.0 Å². The van der Waals surface area contributed by atoms with E-state index in [1.54, 1.807) is 0 Å². The molecule has 3 rings (SSSR count). The molecule has 2 aromatic carbocycles. The van der Waals surface area contributed by atoms with Gasteiger partial charge in [-0.05, 0) is 50.1 Å². The zero-order chi connectivity index (χ0) is 19.8. The van der Waals surface area contributed by atoms with Gasteiger partial charge < -0.3 is 15.2 Å². The van der Waals surface area contributed by atoms with Crippen LogP contribution in [0.1, 0.15) is 30.3 Å². The highest BCUT2D eigenvalue weighted by Crippen LogP contribution is 2.15. The molecular formula is C22H26N6. The first-order valence-electron chi connectivity index (χ1n) is 9.64. The Morgan fingerprint density at radius 2 is 1.93 bits per heavy atom. The highest BCUT2D eigenvalue weighted by Gasteiger charge is 2.06. The highest BCUT2D eigenvalue weighted by molar-refractivity contribution is 5.79. The van der Waals surface area contributed by atoms with Gasteiger partial charge in [-0.15, -0.1) is 0 Å². The molecule has 0 amide bonds. The third kappa shape index (κ3) is 4.89. The summed E-state index contributed by atoms with van der Waals surface area (Å²) in [6.45, 7) is 7.23. The molecule has 1 aromatic heterocycles. The van der Waals surface area contributed by atoms with Crippen molar-refractivity contribution in [1.82, 2.24) is 20.2 Å². The number of imidazole rings is 1. The standard InChI is InChI=1S/C22H26N6/c1-3-24-22(26-16-19-11-9-18(15-23)10-12-19)25-13-6-14-28-17(2)27-20-7-4-5-8-21(20)28/h4-5,7-12H,3,6,13-14,16H2,1-2H3,(H2,24,25,26). The Morgan fingerprint density at radius 1 is 1.14 bits per heavy atom. The fourth-order valence-electron chi connectivity index (χ4n) is 3.12. The van der Waals surface area contributed by atoms with Crippen LogP contribution >= 0.6 is 0 Å². The van der Waals surface area contributed by atoms with Gasteiger partial charge in [-0.2, -0.15) is 5.26 Å². The quantitative estimate of drug-likeness (QED) is 0.378. The lowest BCUT2D eigenvalue weighted by atomic mass is 10.1. The third-order valence-corrected chi connectivity index (χ3v) is 4.54. The van der Waals surface area contributed by atoms with Crippen LogP contribution in [0, 0.1) is 18.3 Å². The van der Waals surface area contributed by atoms with Crippen molar-refractivity contribution >= 4 is 17.0 Å². The Labute approximate surface area is 165 Å². The number of guanidine groups is 1. The molecule has 0 fully saturated rings. The highest BCUT2D eigenvalue weighted by atomic mass is 15.2. The van der Waals surface area contributed by atoms with Crippen LogP contribution in [-0.2, 0) is 13.1 Å². The van der Waals surface area contributed by atoms with Crippen molar-refractivity contribution in [2.75, 3.05) is 13.1 Å². The lowest BCUT2D eigenvalue weighted by molar-refractivity contribution is 0.624. The number of nitrogens with zero attached hydrogens (tertiary/aromatic N) is 4. The molecule has 0 atom stereocenters. The Bertz CT molecular complexity index is 978. The van der Waals surface area contributed by atoms with Gasteiger partial charge >= 0.3 is 0 Å². The minimum absolute atomic E-state index is 0.576. The molecule has 0 radical (unpaired) electrons. The summed E-state index contributed by atoms with van der Waals surface area (Å²) in [6.07, 6.45) is 0.975. The number of para-hydroxylation sites is 2. The Morgan fingerprint density at radius 3 is 2.68 bits per heavy atom. The first-order valence-corrected chi connectivity index (χ1v) is 9.64. The van der Waals surface area contributed by atoms with E-state index in [2.05, 4.69) is 63.3 Å². The summed E-state index contributed by atoms with van der Waals surface area (Å²) in [5.74, 6) is 1.85. The summed E-state index contributed by atoms with van der Waals surface area (Å²) in [5.41, 5.74) is 3.98. The van der Waals surface area contributed by atoms with Crippen LogP contribution in [0.3, 0.4) is 0 Å². The maximum Gasteiger partial charge on any atom is 0.191 e. The van der Waals surface area contributed by atoms with Gasteiger partial charge in [0.2, 0.25) is 0 Å². The molecule has 0 aliphatic heterocycles. The van der Waals surface area contributed by atoms with Crippen molar-refractivity contribution in [3.8, 4) is 6.07 Å². The van der Waals surface area contributed by atoms with Gasteiger partial charge in [0, 0.05) is 19.6 Å². The summed E-state index contributed by atoms with van der Waals surface area (Å²) >= 11 is 0. The van der Waals surface area contributed by atoms with Gasteiger partial charge in [0.15, 0.2) is 5.96 Å². The molecule has 0 aliphatic rings. The molecule has 0 saturated carbocycles. The summed E-state index contributed by atoms with van der Waals surface area (Å²) in [5, 5.41) is 15.6. The van der Waals surface area contributed by atoms with Crippen molar-refractivity contribution in [1.29, 1.82) is 5.26 Å². The lowest BCUT2D eigenvalue weighted by Crippen LogP contribution is -2.38. The van der Waals surface area contributed by atoms with Gasteiger partial charge in [0.1, 0.15) is 5.82 Å². The van der Waals surface area contributed by atoms with Gasteiger partial charge in [0.05, 0.1) is 29.2 Å². The average molecular weight is 374 g/mol. The molecule has 144 valence electrons. The average Bonchev–Trinajstić information content (AvgIpc) is 3.04. The molecule has 3 aromatic rings. The molecule has 0 unspecified atom stereocenters. The monoisotopic (exact) mass is 374 g/mol. The van der Waals surface area contributed by atoms with Crippen LogP contribution in [0.4, 0.5) is 0 Å². The molecule has 0 aliphatic carbocycles. The van der Waals surface area contributed by atoms with Crippen LogP contribution in [0.15, 0.2) is 53.5 Å². The van der Waals surface area contributed by atoms with E-state index in [-0.39, 0.29) is 0 Å². The number of nitriles is 1. The number of fused-ring (bicyclic) bond motifs is 1. The van der Waals surface area contributed by atoms with Crippen LogP contribution in [0.2, 0.25) is 0 Å². The summed E-state index contributed by atoms with van der Waals surface area (Å²) in [6, 6.07) is 17.9. The van der Waals surface area contributed by atoms with Crippen LogP contribution in [-0.4, -0.2) is 28.6 Å². The predicted octanol–water partition coefficient (Wildman–Crippen LogP) is 3.36. The summed E-state index contributed by atoms with van der Waals surface area (Å²) < 4.78 is 2.26. The second-order valence-corrected chi connectivity index (χ2v) is 6.58. The maximum atomic E-state index is 8.88. The third-order valence-electron chi connectivity index (χ3n) is 4.54. The number of hydrogen-bond donors (Lipinski definition) is 2. The van der Waals surface area contributed by atoms with Gasteiger partial charge in [-0.1, -0.05) is 24.3 Å². The predicted molar refractivity (Wildman–Crippen MR) is 113 cm³/mol. The van der Waals surface area contributed by atoms with Crippen molar-refractivity contribution in [3.63, 3.8) is 0 Å². The lowest BCUT2D eigenvalue weighted by Gasteiger charge is -2.12. The Balaban J connectivity index is 1.54. The second-order valence-electron chi connectivity index (χ2n) is 6.58. The number of aliphatic imine (C=N–C) groups is 1. The summed E-state index contributed by atoms with van der Waals surface area (Å²) in [4.78, 5) is 9.25. The first-order chi connectivity index (χ1) is 13.7.